The molecular formula is C76H109N19O20S. The van der Waals surface area contributed by atoms with Crippen LogP contribution >= 0.6 is 11.8 Å². The molecule has 0 spiro atoms. The number of thioether (sulfide) groups is 1. The SMILES string of the molecule is CC[C@H](C)[C@H](NC(=O)[C@H](CCSC)NC(=O)[C@H](Cc1c[nH]c2ccccc12)NC(=O)[C@H](C)NC(=O)[C@H](Cc1ccccc1)NC(=O)[C@H](CC(C)C)NC(=O)[C@@H](NC(=O)[C@H](CC(N)=O)NC(=O)[C@H](CC(=O)O)NC(=O)[C@H](CC(N)=O)NC(=O)[C@@H](N)C(C)C)[C@@H](C)O)C(=O)N[C@@H](Cc1ccccc1)C(=O)N[C@@H](CC(N)=O)C(=O)NCC(N)=O. The molecular weight excluding hydrogens is 1530 g/mol. The van der Waals surface area contributed by atoms with Gasteiger partial charge in [0.25, 0.3) is 0 Å². The van der Waals surface area contributed by atoms with E-state index >= 15 is 0 Å². The number of aromatic nitrogens is 1. The average Bonchev–Trinajstić information content (AvgIpc) is 1.54. The van der Waals surface area contributed by atoms with Crippen molar-refractivity contribution < 1.29 is 96.5 Å². The quantitative estimate of drug-likeness (QED) is 0.0197. The van der Waals surface area contributed by atoms with Gasteiger partial charge < -0.3 is 113 Å². The lowest BCUT2D eigenvalue weighted by Crippen LogP contribution is -2.62. The molecule has 40 heteroatoms. The lowest BCUT2D eigenvalue weighted by Gasteiger charge is -2.30. The first-order valence-electron chi connectivity index (χ1n) is 37.5. The summed E-state index contributed by atoms with van der Waals surface area (Å²) in [5.41, 5.74) is 29.5. The summed E-state index contributed by atoms with van der Waals surface area (Å²) in [6.45, 7) is 11.6. The Kier molecular flexibility index (Phi) is 39.5. The molecule has 0 aliphatic carbocycles. The maximum atomic E-state index is 15.0. The van der Waals surface area contributed by atoms with Crippen LogP contribution in [0.1, 0.15) is 117 Å². The van der Waals surface area contributed by atoms with E-state index in [2.05, 4.69) is 74.1 Å². The average molecular weight is 1640 g/mol. The van der Waals surface area contributed by atoms with Crippen LogP contribution in [-0.4, -0.2) is 225 Å². The molecule has 0 radical (unpaired) electrons. The maximum absolute atomic E-state index is 15.0. The van der Waals surface area contributed by atoms with Gasteiger partial charge in [0, 0.05) is 36.4 Å². The predicted molar refractivity (Wildman–Crippen MR) is 423 cm³/mol. The second-order valence-corrected chi connectivity index (χ2v) is 29.8. The minimum atomic E-state index is -2.09. The number of hydrogen-bond acceptors (Lipinski definition) is 21. The van der Waals surface area contributed by atoms with Crippen molar-refractivity contribution in [2.24, 2.45) is 46.4 Å². The van der Waals surface area contributed by atoms with Crippen molar-refractivity contribution in [1.29, 1.82) is 0 Å². The van der Waals surface area contributed by atoms with E-state index in [0.29, 0.717) is 27.6 Å². The lowest BCUT2D eigenvalue weighted by atomic mass is 9.96. The van der Waals surface area contributed by atoms with Gasteiger partial charge in [0.15, 0.2) is 0 Å². The van der Waals surface area contributed by atoms with Crippen LogP contribution in [-0.2, 0) is 106 Å². The van der Waals surface area contributed by atoms with E-state index in [4.69, 9.17) is 28.7 Å². The van der Waals surface area contributed by atoms with Gasteiger partial charge in [0.05, 0.1) is 44.4 Å². The zero-order chi connectivity index (χ0) is 86.8. The zero-order valence-corrected chi connectivity index (χ0v) is 66.8. The molecule has 4 aromatic rings. The highest BCUT2D eigenvalue weighted by atomic mass is 32.2. The third-order valence-corrected chi connectivity index (χ3v) is 19.0. The topological polar surface area (TPSA) is 650 Å². The van der Waals surface area contributed by atoms with Crippen LogP contribution in [0.4, 0.5) is 0 Å². The molecule has 0 unspecified atom stereocenters. The first-order chi connectivity index (χ1) is 54.6. The Morgan fingerprint density at radius 1 is 0.422 bits per heavy atom. The van der Waals surface area contributed by atoms with Crippen LogP contribution in [0.2, 0.25) is 0 Å². The zero-order valence-electron chi connectivity index (χ0n) is 66.0. The molecule has 0 fully saturated rings. The number of benzene rings is 3. The highest BCUT2D eigenvalue weighted by Crippen LogP contribution is 2.21. The number of aliphatic hydroxyl groups excluding tert-OH is 1. The number of aromatic amines is 1. The van der Waals surface area contributed by atoms with Crippen molar-refractivity contribution in [3.8, 4) is 0 Å². The fourth-order valence-corrected chi connectivity index (χ4v) is 12.2. The number of carbonyl (C=O) groups excluding carboxylic acids is 17. The molecule has 26 N–H and O–H groups in total. The number of para-hydroxylation sites is 1. The number of nitrogens with one attached hydrogen (secondary N) is 14. The van der Waals surface area contributed by atoms with E-state index in [1.54, 1.807) is 139 Å². The number of fused-ring (bicyclic) bond motifs is 1. The van der Waals surface area contributed by atoms with Gasteiger partial charge in [-0.25, -0.2) is 0 Å². The number of carboxylic acid groups (broad SMARTS) is 1. The predicted octanol–water partition coefficient (Wildman–Crippen LogP) is -5.05. The van der Waals surface area contributed by atoms with Crippen LogP contribution in [0.15, 0.2) is 91.1 Å². The molecule has 39 nitrogen and oxygen atoms in total. The smallest absolute Gasteiger partial charge is 0.305 e. The van der Waals surface area contributed by atoms with E-state index in [1.165, 1.54) is 18.7 Å². The van der Waals surface area contributed by atoms with Crippen LogP contribution < -0.4 is 97.8 Å². The van der Waals surface area contributed by atoms with Crippen molar-refractivity contribution in [1.82, 2.24) is 74.1 Å². The monoisotopic (exact) mass is 1640 g/mol. The molecule has 0 saturated carbocycles. The number of primary amides is 4. The van der Waals surface area contributed by atoms with Gasteiger partial charge in [-0.2, -0.15) is 11.8 Å². The first-order valence-corrected chi connectivity index (χ1v) is 38.8. The molecule has 0 aliphatic heterocycles. The number of aliphatic carboxylic acids is 1. The first kappa shape index (κ1) is 96.3. The number of H-pyrrole nitrogens is 1. The van der Waals surface area contributed by atoms with Gasteiger partial charge in [0.2, 0.25) is 100 Å². The van der Waals surface area contributed by atoms with Crippen LogP contribution in [0, 0.1) is 17.8 Å². The number of rotatable bonds is 50. The van der Waals surface area contributed by atoms with Crippen molar-refractivity contribution in [2.75, 3.05) is 18.6 Å². The second kappa shape index (κ2) is 47.6. The fourth-order valence-electron chi connectivity index (χ4n) is 11.7. The summed E-state index contributed by atoms with van der Waals surface area (Å²) < 4.78 is 0. The van der Waals surface area contributed by atoms with Crippen LogP contribution in [0.25, 0.3) is 10.9 Å². The Bertz CT molecular complexity index is 4130. The largest absolute Gasteiger partial charge is 0.481 e. The third kappa shape index (κ3) is 32.4. The summed E-state index contributed by atoms with van der Waals surface area (Å²) in [7, 11) is 0. The van der Waals surface area contributed by atoms with Gasteiger partial charge in [-0.1, -0.05) is 127 Å². The Morgan fingerprint density at radius 3 is 1.28 bits per heavy atom. The van der Waals surface area contributed by atoms with Crippen molar-refractivity contribution in [2.45, 2.75) is 204 Å². The molecule has 634 valence electrons. The number of carboxylic acids is 1. The highest BCUT2D eigenvalue weighted by Gasteiger charge is 2.40. The minimum Gasteiger partial charge on any atom is -0.481 e. The fraction of sp³-hybridized carbons (Fsp3) is 0.500. The highest BCUT2D eigenvalue weighted by molar-refractivity contribution is 7.98. The molecule has 3 aromatic carbocycles. The van der Waals surface area contributed by atoms with Gasteiger partial charge in [-0.15, -0.1) is 0 Å². The molecule has 4 rings (SSSR count). The summed E-state index contributed by atoms with van der Waals surface area (Å²) in [6, 6.07) is 2.53. The van der Waals surface area contributed by atoms with Crippen molar-refractivity contribution >= 4 is 129 Å². The molecule has 0 bridgehead atoms. The number of carbonyl (C=O) groups is 18. The molecule has 17 amide bonds. The van der Waals surface area contributed by atoms with E-state index in [9.17, 15) is 96.5 Å². The standard InChI is InChI=1S/C76H109N19O20S/c1-10-39(6)62(75(114)93-50(29-43-21-15-12-16-22-43)69(108)88-52(31-56(77)97)65(104)83-36-59(80)100)94-66(105)47(25-26-116-9)85-70(109)51(30-44-35-82-46-24-18-17-23-45(44)46)86-64(103)40(7)84-67(106)49(28-42-19-13-11-14-20-42)87-68(107)48(27-37(2)3)92-76(115)63(41(8)96)95-73(112)54(33-58(79)99)89-72(111)55(34-60(101)102)90-71(110)53(32-57(78)98)91-74(113)61(81)38(4)5/h11-24,35,37-41,47-55,61-63,82,96H,10,25-34,36,81H2,1-9H3,(H2,77,97)(H2,78,98)(H2,79,99)(H2,80,100)(H,83,104)(H,84,106)(H,85,109)(H,86,103)(H,87,107)(H,88,108)(H,89,111)(H,90,110)(H,91,113)(H,92,115)(H,93,114)(H,94,105)(H,95,112)(H,101,102)/t39-,40-,41+,47-,48-,49-,50-,51-,52-,53-,54-,55-,61-,62-,63-/m0/s1. The van der Waals surface area contributed by atoms with Crippen LogP contribution in [0.3, 0.4) is 0 Å². The van der Waals surface area contributed by atoms with Gasteiger partial charge in [0.1, 0.15) is 72.5 Å². The van der Waals surface area contributed by atoms with Gasteiger partial charge in [-0.05, 0) is 79.2 Å². The molecule has 1 aromatic heterocycles. The molecule has 0 aliphatic rings. The summed E-state index contributed by atoms with van der Waals surface area (Å²) in [5, 5.41) is 53.2. The Labute approximate surface area is 673 Å². The minimum absolute atomic E-state index is 0.0325. The number of nitrogens with two attached hydrogens (primary N) is 5. The molecule has 116 heavy (non-hydrogen) atoms. The summed E-state index contributed by atoms with van der Waals surface area (Å²) in [4.78, 5) is 247. The van der Waals surface area contributed by atoms with Crippen molar-refractivity contribution in [3.63, 3.8) is 0 Å². The summed E-state index contributed by atoms with van der Waals surface area (Å²) >= 11 is 1.32. The van der Waals surface area contributed by atoms with E-state index < -0.39 is 241 Å². The molecule has 0 saturated heterocycles. The summed E-state index contributed by atoms with van der Waals surface area (Å²) in [6.07, 6.45) is -2.77. The van der Waals surface area contributed by atoms with Crippen LogP contribution in [0.5, 0.6) is 0 Å². The molecule has 15 atom stereocenters. The van der Waals surface area contributed by atoms with E-state index in [-0.39, 0.29) is 44.3 Å². The van der Waals surface area contributed by atoms with Gasteiger partial charge in [-0.3, -0.25) is 86.3 Å². The summed E-state index contributed by atoms with van der Waals surface area (Å²) in [5.74, 6) is -20.9. The normalized spacial score (nSPS) is 15.0. The number of amides is 17. The Morgan fingerprint density at radius 2 is 0.810 bits per heavy atom. The van der Waals surface area contributed by atoms with Gasteiger partial charge >= 0.3 is 5.97 Å². The lowest BCUT2D eigenvalue weighted by molar-refractivity contribution is -0.142. The third-order valence-electron chi connectivity index (χ3n) is 18.3. The number of aliphatic hydroxyl groups is 1. The van der Waals surface area contributed by atoms with E-state index in [0.717, 1.165) is 6.92 Å². The Hall–Kier alpha value is -12.1. The van der Waals surface area contributed by atoms with Crippen molar-refractivity contribution in [3.05, 3.63) is 108 Å². The second-order valence-electron chi connectivity index (χ2n) is 28.8. The Balaban J connectivity index is 1.63. The maximum Gasteiger partial charge on any atom is 0.305 e. The number of hydrogen-bond donors (Lipinski definition) is 21. The van der Waals surface area contributed by atoms with E-state index in [1.807, 2.05) is 0 Å². The molecule has 1 heterocycles.